The van der Waals surface area contributed by atoms with E-state index in [0.717, 1.165) is 33.7 Å². The van der Waals surface area contributed by atoms with E-state index in [1.165, 1.54) is 60.8 Å². The second kappa shape index (κ2) is 13.4. The SMILES string of the molecule is CC1(C)c2ccccc2-c2ccc(-c3cccc(-c4ccc5c(c4)c4ccccc4n5-c4cccc(C5N=C(c6ccccc6)N=C(c6ccccc6)N5)c4)c3)cc21. The standard InChI is InChI=1S/C54H40N4/c1-54(2)47-25-11-9-23-43(47)44-29-27-40(34-48(44)54)38-20-13-19-37(31-38)39-28-30-50-46(33-39)45-24-10-12-26-49(45)58(50)42-22-14-21-41(32-42)53-56-51(35-15-5-3-6-16-35)55-52(57-53)36-17-7-4-8-18-36/h3-34,53H,1-2H3,(H,55,56,57). The molecule has 276 valence electrons. The molecule has 4 heteroatoms. The van der Waals surface area contributed by atoms with E-state index in [4.69, 9.17) is 9.98 Å². The van der Waals surface area contributed by atoms with Crippen LogP contribution >= 0.6 is 0 Å². The Kier molecular flexibility index (Phi) is 7.87. The van der Waals surface area contributed by atoms with Crippen molar-refractivity contribution >= 4 is 33.5 Å². The zero-order chi connectivity index (χ0) is 38.8. The van der Waals surface area contributed by atoms with Gasteiger partial charge in [0, 0.05) is 33.0 Å². The topological polar surface area (TPSA) is 41.7 Å². The lowest BCUT2D eigenvalue weighted by atomic mass is 9.81. The van der Waals surface area contributed by atoms with Gasteiger partial charge in [-0.15, -0.1) is 0 Å². The quantitative estimate of drug-likeness (QED) is 0.181. The van der Waals surface area contributed by atoms with Crippen LogP contribution in [0.3, 0.4) is 0 Å². The predicted molar refractivity (Wildman–Crippen MR) is 241 cm³/mol. The maximum Gasteiger partial charge on any atom is 0.159 e. The van der Waals surface area contributed by atoms with Crippen LogP contribution in [0.25, 0.3) is 60.9 Å². The Morgan fingerprint density at radius 1 is 0.466 bits per heavy atom. The molecule has 0 bridgehead atoms. The van der Waals surface area contributed by atoms with Crippen molar-refractivity contribution < 1.29 is 0 Å². The number of amidine groups is 2. The summed E-state index contributed by atoms with van der Waals surface area (Å²) in [6.07, 6.45) is -0.318. The summed E-state index contributed by atoms with van der Waals surface area (Å²) in [5.41, 5.74) is 16.8. The van der Waals surface area contributed by atoms with E-state index in [2.05, 4.69) is 181 Å². The number of hydrogen-bond acceptors (Lipinski definition) is 3. The lowest BCUT2D eigenvalue weighted by Crippen LogP contribution is -2.33. The van der Waals surface area contributed by atoms with Crippen LogP contribution in [0.2, 0.25) is 0 Å². The second-order valence-electron chi connectivity index (χ2n) is 15.9. The van der Waals surface area contributed by atoms with Gasteiger partial charge in [-0.05, 0) is 92.5 Å². The van der Waals surface area contributed by atoms with Crippen molar-refractivity contribution in [1.29, 1.82) is 0 Å². The molecule has 2 aliphatic rings. The van der Waals surface area contributed by atoms with Crippen LogP contribution in [-0.4, -0.2) is 16.2 Å². The fourth-order valence-electron chi connectivity index (χ4n) is 9.11. The van der Waals surface area contributed by atoms with Gasteiger partial charge in [-0.25, -0.2) is 9.98 Å². The van der Waals surface area contributed by atoms with Gasteiger partial charge in [0.05, 0.1) is 11.0 Å². The van der Waals surface area contributed by atoms with Crippen LogP contribution in [0.1, 0.15) is 47.8 Å². The van der Waals surface area contributed by atoms with E-state index < -0.39 is 0 Å². The minimum atomic E-state index is -0.318. The molecule has 11 rings (SSSR count). The van der Waals surface area contributed by atoms with Crippen molar-refractivity contribution in [2.24, 2.45) is 9.98 Å². The molecule has 1 aliphatic carbocycles. The third kappa shape index (κ3) is 5.60. The Morgan fingerprint density at radius 2 is 1.09 bits per heavy atom. The fraction of sp³-hybridized carbons (Fsp3) is 0.0741. The van der Waals surface area contributed by atoms with E-state index in [9.17, 15) is 0 Å². The third-order valence-electron chi connectivity index (χ3n) is 12.1. The van der Waals surface area contributed by atoms with Gasteiger partial charge in [-0.2, -0.15) is 0 Å². The molecule has 8 aromatic carbocycles. The molecule has 9 aromatic rings. The third-order valence-corrected chi connectivity index (χ3v) is 12.1. The van der Waals surface area contributed by atoms with Crippen LogP contribution in [-0.2, 0) is 5.41 Å². The summed E-state index contributed by atoms with van der Waals surface area (Å²) >= 11 is 0. The molecule has 1 N–H and O–H groups in total. The molecule has 1 unspecified atom stereocenters. The molecule has 0 saturated heterocycles. The molecule has 1 aliphatic heterocycles. The van der Waals surface area contributed by atoms with Crippen LogP contribution < -0.4 is 5.32 Å². The zero-order valence-electron chi connectivity index (χ0n) is 32.4. The highest BCUT2D eigenvalue weighted by Gasteiger charge is 2.35. The molecule has 1 atom stereocenters. The van der Waals surface area contributed by atoms with Gasteiger partial charge in [0.15, 0.2) is 5.84 Å². The maximum absolute atomic E-state index is 5.16. The van der Waals surface area contributed by atoms with Gasteiger partial charge in [-0.3, -0.25) is 0 Å². The van der Waals surface area contributed by atoms with Crippen molar-refractivity contribution in [2.75, 3.05) is 0 Å². The Labute approximate surface area is 338 Å². The summed E-state index contributed by atoms with van der Waals surface area (Å²) in [7, 11) is 0. The number of hydrogen-bond donors (Lipinski definition) is 1. The normalized spacial score (nSPS) is 15.4. The molecule has 2 heterocycles. The molecule has 0 spiro atoms. The van der Waals surface area contributed by atoms with E-state index in [1.807, 2.05) is 36.4 Å². The summed E-state index contributed by atoms with van der Waals surface area (Å²) in [5, 5.41) is 6.09. The molecule has 58 heavy (non-hydrogen) atoms. The van der Waals surface area contributed by atoms with E-state index >= 15 is 0 Å². The van der Waals surface area contributed by atoms with Crippen LogP contribution in [0.15, 0.2) is 204 Å². The van der Waals surface area contributed by atoms with Crippen molar-refractivity contribution in [2.45, 2.75) is 25.4 Å². The molecular weight excluding hydrogens is 705 g/mol. The Bertz CT molecular complexity index is 3110. The highest BCUT2D eigenvalue weighted by Crippen LogP contribution is 2.49. The van der Waals surface area contributed by atoms with Gasteiger partial charge < -0.3 is 9.88 Å². The fourth-order valence-corrected chi connectivity index (χ4v) is 9.11. The number of fused-ring (bicyclic) bond motifs is 6. The number of nitrogens with one attached hydrogen (secondary N) is 1. The number of para-hydroxylation sites is 1. The maximum atomic E-state index is 5.16. The highest BCUT2D eigenvalue weighted by molar-refractivity contribution is 6.13. The minimum Gasteiger partial charge on any atom is -0.344 e. The summed E-state index contributed by atoms with van der Waals surface area (Å²) < 4.78 is 2.38. The number of benzene rings is 8. The Hall–Kier alpha value is -7.30. The summed E-state index contributed by atoms with van der Waals surface area (Å²) in [5.74, 6) is 1.52. The Morgan fingerprint density at radius 3 is 1.91 bits per heavy atom. The van der Waals surface area contributed by atoms with Gasteiger partial charge >= 0.3 is 0 Å². The molecule has 1 aromatic heterocycles. The van der Waals surface area contributed by atoms with Gasteiger partial charge in [0.2, 0.25) is 0 Å². The van der Waals surface area contributed by atoms with E-state index in [-0.39, 0.29) is 11.6 Å². The van der Waals surface area contributed by atoms with Crippen LogP contribution in [0, 0.1) is 0 Å². The number of aliphatic imine (C=N–C) groups is 2. The number of nitrogens with zero attached hydrogens (tertiary/aromatic N) is 3. The van der Waals surface area contributed by atoms with E-state index in [1.54, 1.807) is 0 Å². The smallest absolute Gasteiger partial charge is 0.159 e. The first kappa shape index (κ1) is 34.0. The lowest BCUT2D eigenvalue weighted by molar-refractivity contribution is 0.660. The Balaban J connectivity index is 0.971. The number of rotatable bonds is 6. The minimum absolute atomic E-state index is 0.0388. The van der Waals surface area contributed by atoms with Gasteiger partial charge in [0.1, 0.15) is 12.0 Å². The second-order valence-corrected chi connectivity index (χ2v) is 15.9. The van der Waals surface area contributed by atoms with Crippen LogP contribution in [0.4, 0.5) is 0 Å². The number of aromatic nitrogens is 1. The van der Waals surface area contributed by atoms with Crippen molar-refractivity contribution in [3.63, 3.8) is 0 Å². The van der Waals surface area contributed by atoms with Crippen molar-refractivity contribution in [1.82, 2.24) is 9.88 Å². The highest BCUT2D eigenvalue weighted by atomic mass is 15.2. The average molecular weight is 745 g/mol. The van der Waals surface area contributed by atoms with Crippen LogP contribution in [0.5, 0.6) is 0 Å². The van der Waals surface area contributed by atoms with Gasteiger partial charge in [-0.1, -0.05) is 166 Å². The molecule has 0 fully saturated rings. The summed E-state index contributed by atoms with van der Waals surface area (Å²) in [4.78, 5) is 10.1. The lowest BCUT2D eigenvalue weighted by Gasteiger charge is -2.24. The first-order valence-electron chi connectivity index (χ1n) is 20.0. The monoisotopic (exact) mass is 744 g/mol. The first-order chi connectivity index (χ1) is 28.5. The molecular formula is C54H40N4. The molecule has 0 saturated carbocycles. The molecule has 0 radical (unpaired) electrons. The zero-order valence-corrected chi connectivity index (χ0v) is 32.4. The van der Waals surface area contributed by atoms with Crippen molar-refractivity contribution in [3.8, 4) is 39.1 Å². The average Bonchev–Trinajstić information content (AvgIpc) is 3.74. The molecule has 4 nitrogen and oxygen atoms in total. The van der Waals surface area contributed by atoms with Crippen molar-refractivity contribution in [3.05, 3.63) is 222 Å². The van der Waals surface area contributed by atoms with E-state index in [0.29, 0.717) is 5.84 Å². The summed E-state index contributed by atoms with van der Waals surface area (Å²) in [6, 6.07) is 69.8. The summed E-state index contributed by atoms with van der Waals surface area (Å²) in [6.45, 7) is 4.69. The predicted octanol–water partition coefficient (Wildman–Crippen LogP) is 12.9. The first-order valence-corrected chi connectivity index (χ1v) is 20.0. The molecule has 0 amide bonds. The van der Waals surface area contributed by atoms with Gasteiger partial charge in [0.25, 0.3) is 0 Å². The largest absolute Gasteiger partial charge is 0.344 e.